The van der Waals surface area contributed by atoms with Crippen LogP contribution in [0.3, 0.4) is 0 Å². The summed E-state index contributed by atoms with van der Waals surface area (Å²) in [5.41, 5.74) is 0. The van der Waals surface area contributed by atoms with Gasteiger partial charge in [0.1, 0.15) is 0 Å². The van der Waals surface area contributed by atoms with E-state index >= 15 is 0 Å². The van der Waals surface area contributed by atoms with Gasteiger partial charge in [-0.15, -0.1) is 0 Å². The largest absolute Gasteiger partial charge is 0.394 e. The lowest BCUT2D eigenvalue weighted by Crippen LogP contribution is -2.41. The maximum atomic E-state index is 7.94. The highest BCUT2D eigenvalue weighted by Gasteiger charge is 2.17. The van der Waals surface area contributed by atoms with Crippen molar-refractivity contribution in [2.45, 2.75) is 47.1 Å². The molecule has 0 saturated carbocycles. The van der Waals surface area contributed by atoms with E-state index in [0.717, 1.165) is 6.04 Å². The standard InChI is InChI=1S/C5H11N.C3H8O2.2C2H6/c1-5-3-4-6(5)2;1-5-3-2-4;2*1-2/h5H,3-4H2,1-2H3;4H,2-3H2,1H3;2*1-2H3. The maximum Gasteiger partial charge on any atom is 0.0693 e. The molecule has 1 heterocycles. The molecule has 1 saturated heterocycles. The lowest BCUT2D eigenvalue weighted by molar-refractivity contribution is 0.135. The Morgan fingerprint density at radius 1 is 1.27 bits per heavy atom. The van der Waals surface area contributed by atoms with E-state index in [-0.39, 0.29) is 6.61 Å². The van der Waals surface area contributed by atoms with Crippen molar-refractivity contribution in [1.29, 1.82) is 0 Å². The Balaban J connectivity index is -0.000000146. The summed E-state index contributed by atoms with van der Waals surface area (Å²) in [5.74, 6) is 0. The molecule has 3 nitrogen and oxygen atoms in total. The van der Waals surface area contributed by atoms with Crippen molar-refractivity contribution in [3.05, 3.63) is 0 Å². The second-order valence-electron chi connectivity index (χ2n) is 2.83. The Hall–Kier alpha value is -0.120. The van der Waals surface area contributed by atoms with Crippen LogP contribution in [0.1, 0.15) is 41.0 Å². The third kappa shape index (κ3) is 16.5. The minimum absolute atomic E-state index is 0.122. The smallest absolute Gasteiger partial charge is 0.0693 e. The van der Waals surface area contributed by atoms with Gasteiger partial charge in [0, 0.05) is 13.2 Å². The van der Waals surface area contributed by atoms with Crippen molar-refractivity contribution in [1.82, 2.24) is 4.90 Å². The molecule has 1 aliphatic rings. The van der Waals surface area contributed by atoms with E-state index in [9.17, 15) is 0 Å². The van der Waals surface area contributed by atoms with E-state index in [2.05, 4.69) is 23.6 Å². The predicted molar refractivity (Wildman–Crippen MR) is 68.4 cm³/mol. The van der Waals surface area contributed by atoms with Gasteiger partial charge in [-0.3, -0.25) is 0 Å². The van der Waals surface area contributed by atoms with Crippen LogP contribution in [0.25, 0.3) is 0 Å². The summed E-state index contributed by atoms with van der Waals surface area (Å²) in [5, 5.41) is 7.94. The van der Waals surface area contributed by atoms with Gasteiger partial charge in [0.05, 0.1) is 13.2 Å². The van der Waals surface area contributed by atoms with Gasteiger partial charge in [0.2, 0.25) is 0 Å². The topological polar surface area (TPSA) is 32.7 Å². The second kappa shape index (κ2) is 19.5. The van der Waals surface area contributed by atoms with Crippen LogP contribution in [0, 0.1) is 0 Å². The third-order valence-corrected chi connectivity index (χ3v) is 1.95. The van der Waals surface area contributed by atoms with Gasteiger partial charge >= 0.3 is 0 Å². The number of hydrogen-bond donors (Lipinski definition) is 1. The molecule has 0 amide bonds. The van der Waals surface area contributed by atoms with E-state index < -0.39 is 0 Å². The molecule has 1 atom stereocenters. The Labute approximate surface area is 96.4 Å². The lowest BCUT2D eigenvalue weighted by atomic mass is 10.1. The highest BCUT2D eigenvalue weighted by Crippen LogP contribution is 2.11. The summed E-state index contributed by atoms with van der Waals surface area (Å²) >= 11 is 0. The molecule has 0 aromatic heterocycles. The fourth-order valence-corrected chi connectivity index (χ4v) is 0.737. The minimum Gasteiger partial charge on any atom is -0.394 e. The van der Waals surface area contributed by atoms with Gasteiger partial charge < -0.3 is 14.7 Å². The highest BCUT2D eigenvalue weighted by molar-refractivity contribution is 4.73. The quantitative estimate of drug-likeness (QED) is 0.777. The molecule has 0 aromatic rings. The summed E-state index contributed by atoms with van der Waals surface area (Å²) < 4.78 is 4.44. The minimum atomic E-state index is 0.122. The number of nitrogens with zero attached hydrogens (tertiary/aromatic N) is 1. The van der Waals surface area contributed by atoms with Crippen LogP contribution < -0.4 is 0 Å². The summed E-state index contributed by atoms with van der Waals surface area (Å²) in [6, 6.07) is 0.866. The molecule has 15 heavy (non-hydrogen) atoms. The van der Waals surface area contributed by atoms with Crippen LogP contribution in [0.15, 0.2) is 0 Å². The van der Waals surface area contributed by atoms with E-state index in [1.165, 1.54) is 13.0 Å². The van der Waals surface area contributed by atoms with Crippen molar-refractivity contribution >= 4 is 0 Å². The number of rotatable bonds is 2. The molecular weight excluding hydrogens is 190 g/mol. The van der Waals surface area contributed by atoms with Crippen molar-refractivity contribution in [3.63, 3.8) is 0 Å². The van der Waals surface area contributed by atoms with Gasteiger partial charge in [-0.1, -0.05) is 27.7 Å². The first-order valence-electron chi connectivity index (χ1n) is 6.02. The van der Waals surface area contributed by atoms with E-state index in [4.69, 9.17) is 5.11 Å². The molecule has 3 heteroatoms. The Kier molecular flexibility index (Phi) is 26.3. The van der Waals surface area contributed by atoms with Crippen molar-refractivity contribution < 1.29 is 9.84 Å². The first kappa shape index (κ1) is 20.3. The van der Waals surface area contributed by atoms with Gasteiger partial charge in [-0.2, -0.15) is 0 Å². The molecule has 1 unspecified atom stereocenters. The zero-order chi connectivity index (χ0) is 12.7. The molecule has 1 aliphatic heterocycles. The van der Waals surface area contributed by atoms with Crippen LogP contribution in [-0.4, -0.2) is 50.0 Å². The molecule has 0 aromatic carbocycles. The van der Waals surface area contributed by atoms with Crippen LogP contribution in [-0.2, 0) is 4.74 Å². The van der Waals surface area contributed by atoms with Gasteiger partial charge in [-0.25, -0.2) is 0 Å². The molecule has 0 radical (unpaired) electrons. The van der Waals surface area contributed by atoms with Gasteiger partial charge in [0.15, 0.2) is 0 Å². The fraction of sp³-hybridized carbons (Fsp3) is 1.00. The molecule has 0 aliphatic carbocycles. The zero-order valence-electron chi connectivity index (χ0n) is 11.7. The number of likely N-dealkylation sites (tertiary alicyclic amines) is 1. The number of ether oxygens (including phenoxy) is 1. The normalized spacial score (nSPS) is 18.0. The predicted octanol–water partition coefficient (Wildman–Crippen LogP) is 2.39. The maximum absolute atomic E-state index is 7.94. The van der Waals surface area contributed by atoms with Crippen molar-refractivity contribution in [2.24, 2.45) is 0 Å². The van der Waals surface area contributed by atoms with Crippen LogP contribution in [0.2, 0.25) is 0 Å². The molecule has 1 rings (SSSR count). The van der Waals surface area contributed by atoms with Crippen molar-refractivity contribution in [2.75, 3.05) is 33.9 Å². The second-order valence-corrected chi connectivity index (χ2v) is 2.83. The summed E-state index contributed by atoms with van der Waals surface area (Å²) in [4.78, 5) is 2.35. The molecule has 1 fully saturated rings. The summed E-state index contributed by atoms with van der Waals surface area (Å²) in [6.07, 6.45) is 1.40. The summed E-state index contributed by atoms with van der Waals surface area (Å²) in [6.45, 7) is 12.1. The van der Waals surface area contributed by atoms with Crippen molar-refractivity contribution in [3.8, 4) is 0 Å². The van der Waals surface area contributed by atoms with Crippen LogP contribution in [0.4, 0.5) is 0 Å². The number of aliphatic hydroxyl groups is 1. The molecular formula is C12H31NO2. The van der Waals surface area contributed by atoms with Gasteiger partial charge in [-0.05, 0) is 26.9 Å². The summed E-state index contributed by atoms with van der Waals surface area (Å²) in [7, 11) is 3.71. The zero-order valence-corrected chi connectivity index (χ0v) is 11.7. The number of aliphatic hydroxyl groups excluding tert-OH is 1. The number of methoxy groups -OCH3 is 1. The average Bonchev–Trinajstić information content (AvgIpc) is 2.33. The Morgan fingerprint density at radius 3 is 1.67 bits per heavy atom. The van der Waals surface area contributed by atoms with E-state index in [1.54, 1.807) is 7.11 Å². The monoisotopic (exact) mass is 221 g/mol. The van der Waals surface area contributed by atoms with Crippen LogP contribution in [0.5, 0.6) is 0 Å². The Bertz CT molecular complexity index is 79.7. The third-order valence-electron chi connectivity index (χ3n) is 1.95. The highest BCUT2D eigenvalue weighted by atomic mass is 16.5. The van der Waals surface area contributed by atoms with E-state index in [1.807, 2.05) is 27.7 Å². The van der Waals surface area contributed by atoms with Crippen LogP contribution >= 0.6 is 0 Å². The molecule has 0 spiro atoms. The van der Waals surface area contributed by atoms with Gasteiger partial charge in [0.25, 0.3) is 0 Å². The molecule has 1 N–H and O–H groups in total. The number of hydrogen-bond acceptors (Lipinski definition) is 3. The fourth-order valence-electron chi connectivity index (χ4n) is 0.737. The van der Waals surface area contributed by atoms with E-state index in [0.29, 0.717) is 6.61 Å². The SMILES string of the molecule is CC.CC.CC1CCN1C.COCCO. The first-order valence-corrected chi connectivity index (χ1v) is 6.02. The molecule has 96 valence electrons. The average molecular weight is 221 g/mol. The first-order chi connectivity index (χ1) is 7.22. The lowest BCUT2D eigenvalue weighted by Gasteiger charge is -2.34. The molecule has 0 bridgehead atoms. The Morgan fingerprint density at radius 2 is 1.67 bits per heavy atom.